The van der Waals surface area contributed by atoms with E-state index < -0.39 is 0 Å². The zero-order chi connectivity index (χ0) is 9.80. The molecule has 0 saturated heterocycles. The first-order valence-electron chi connectivity index (χ1n) is 4.56. The van der Waals surface area contributed by atoms with Crippen LogP contribution in [0.15, 0.2) is 34.9 Å². The lowest BCUT2D eigenvalue weighted by molar-refractivity contribution is 0.384. The zero-order valence-electron chi connectivity index (χ0n) is 7.97. The van der Waals surface area contributed by atoms with E-state index in [2.05, 4.69) is 10.1 Å². The minimum absolute atomic E-state index is 0.655. The fraction of sp³-hybridized carbons (Fsp3) is 0.182. The summed E-state index contributed by atoms with van der Waals surface area (Å²) in [7, 11) is 0. The molecule has 3 heteroatoms. The largest absolute Gasteiger partial charge is 0.339 e. The molecule has 2 aromatic rings. The van der Waals surface area contributed by atoms with Gasteiger partial charge in [-0.1, -0.05) is 42.4 Å². The van der Waals surface area contributed by atoms with Crippen LogP contribution in [-0.4, -0.2) is 10.1 Å². The molecule has 1 radical (unpaired) electrons. The first-order valence-corrected chi connectivity index (χ1v) is 4.56. The fourth-order valence-electron chi connectivity index (χ4n) is 1.22. The van der Waals surface area contributed by atoms with Gasteiger partial charge < -0.3 is 4.52 Å². The monoisotopic (exact) mass is 187 g/mol. The Kier molecular flexibility index (Phi) is 2.58. The van der Waals surface area contributed by atoms with Gasteiger partial charge in [-0.05, 0) is 6.42 Å². The third kappa shape index (κ3) is 1.82. The maximum absolute atomic E-state index is 5.07. The van der Waals surface area contributed by atoms with Crippen LogP contribution in [0.5, 0.6) is 0 Å². The molecule has 0 atom stereocenters. The number of hydrogen-bond donors (Lipinski definition) is 0. The fourth-order valence-corrected chi connectivity index (χ4v) is 1.22. The van der Waals surface area contributed by atoms with Crippen molar-refractivity contribution in [2.45, 2.75) is 13.3 Å². The summed E-state index contributed by atoms with van der Waals surface area (Å²) in [6, 6.07) is 9.80. The van der Waals surface area contributed by atoms with Crippen molar-refractivity contribution in [3.05, 3.63) is 42.6 Å². The highest BCUT2D eigenvalue weighted by Gasteiger charge is 2.06. The minimum atomic E-state index is 0.655. The topological polar surface area (TPSA) is 38.9 Å². The van der Waals surface area contributed by atoms with Gasteiger partial charge in [0.15, 0.2) is 0 Å². The van der Waals surface area contributed by atoms with Crippen LogP contribution in [0.3, 0.4) is 0 Å². The molecule has 0 unspecified atom stereocenters. The van der Waals surface area contributed by atoms with E-state index in [-0.39, 0.29) is 0 Å². The second kappa shape index (κ2) is 4.05. The molecule has 0 fully saturated rings. The highest BCUT2D eigenvalue weighted by Crippen LogP contribution is 2.14. The van der Waals surface area contributed by atoms with Crippen LogP contribution in [0.2, 0.25) is 0 Å². The molecule has 0 amide bonds. The average molecular weight is 187 g/mol. The summed E-state index contributed by atoms with van der Waals surface area (Å²) >= 11 is 0. The van der Waals surface area contributed by atoms with E-state index in [0.29, 0.717) is 11.7 Å². The van der Waals surface area contributed by atoms with Crippen LogP contribution in [0.1, 0.15) is 12.8 Å². The van der Waals surface area contributed by atoms with Crippen LogP contribution >= 0.6 is 0 Å². The van der Waals surface area contributed by atoms with Gasteiger partial charge >= 0.3 is 0 Å². The molecule has 0 aliphatic rings. The van der Waals surface area contributed by atoms with Gasteiger partial charge in [0.1, 0.15) is 0 Å². The Morgan fingerprint density at radius 2 is 2.07 bits per heavy atom. The Morgan fingerprint density at radius 3 is 2.79 bits per heavy atom. The predicted molar refractivity (Wildman–Crippen MR) is 53.4 cm³/mol. The number of rotatable bonds is 3. The Balaban J connectivity index is 2.25. The van der Waals surface area contributed by atoms with Gasteiger partial charge in [-0.2, -0.15) is 4.98 Å². The molecule has 1 aromatic heterocycles. The zero-order valence-corrected chi connectivity index (χ0v) is 7.97. The van der Waals surface area contributed by atoms with E-state index in [1.165, 1.54) is 0 Å². The van der Waals surface area contributed by atoms with Crippen molar-refractivity contribution >= 4 is 0 Å². The average Bonchev–Trinajstić information content (AvgIpc) is 2.68. The molecular weight excluding hydrogens is 176 g/mol. The molecule has 1 aromatic carbocycles. The summed E-state index contributed by atoms with van der Waals surface area (Å²) in [4.78, 5) is 4.26. The lowest BCUT2D eigenvalue weighted by Crippen LogP contribution is -1.83. The standard InChI is InChI=1S/C11H11N2O/c1-2-6-10-12-11(13-14-10)9-7-4-3-5-8-9/h2-5,7-8H,6H2,1H3. The van der Waals surface area contributed by atoms with Crippen molar-refractivity contribution in [1.82, 2.24) is 10.1 Å². The predicted octanol–water partition coefficient (Wildman–Crippen LogP) is 2.50. The van der Waals surface area contributed by atoms with Gasteiger partial charge in [-0.25, -0.2) is 0 Å². The quantitative estimate of drug-likeness (QED) is 0.741. The molecule has 0 aliphatic carbocycles. The molecule has 3 nitrogen and oxygen atoms in total. The smallest absolute Gasteiger partial charge is 0.227 e. The molecule has 2 rings (SSSR count). The lowest BCUT2D eigenvalue weighted by atomic mass is 10.2. The van der Waals surface area contributed by atoms with Gasteiger partial charge in [0, 0.05) is 12.0 Å². The Labute approximate surface area is 82.8 Å². The van der Waals surface area contributed by atoms with E-state index in [1.807, 2.05) is 43.7 Å². The maximum atomic E-state index is 5.07. The summed E-state index contributed by atoms with van der Waals surface area (Å²) in [5, 5.41) is 3.90. The first kappa shape index (κ1) is 8.94. The molecule has 0 bridgehead atoms. The molecule has 0 aliphatic heterocycles. The Bertz CT molecular complexity index is 395. The van der Waals surface area contributed by atoms with Crippen LogP contribution in [-0.2, 0) is 6.42 Å². The summed E-state index contributed by atoms with van der Waals surface area (Å²) in [6.45, 7) is 1.96. The maximum Gasteiger partial charge on any atom is 0.227 e. The van der Waals surface area contributed by atoms with Crippen molar-refractivity contribution in [2.75, 3.05) is 0 Å². The van der Waals surface area contributed by atoms with Crippen LogP contribution < -0.4 is 0 Å². The first-order chi connectivity index (χ1) is 6.90. The second-order valence-electron chi connectivity index (χ2n) is 2.99. The Hall–Kier alpha value is -1.64. The summed E-state index contributed by atoms with van der Waals surface area (Å²) < 4.78 is 5.07. The summed E-state index contributed by atoms with van der Waals surface area (Å²) in [5.74, 6) is 1.31. The van der Waals surface area contributed by atoms with Gasteiger partial charge in [0.2, 0.25) is 11.7 Å². The van der Waals surface area contributed by atoms with Gasteiger partial charge in [-0.15, -0.1) is 0 Å². The highest BCUT2D eigenvalue weighted by molar-refractivity contribution is 5.53. The molecule has 0 N–H and O–H groups in total. The summed E-state index contributed by atoms with van der Waals surface area (Å²) in [6.07, 6.45) is 2.71. The van der Waals surface area contributed by atoms with Gasteiger partial charge in [-0.3, -0.25) is 0 Å². The van der Waals surface area contributed by atoms with Crippen LogP contribution in [0.25, 0.3) is 11.4 Å². The van der Waals surface area contributed by atoms with Crippen LogP contribution in [0, 0.1) is 6.42 Å². The lowest BCUT2D eigenvalue weighted by Gasteiger charge is -1.90. The molecule has 0 spiro atoms. The van der Waals surface area contributed by atoms with E-state index in [0.717, 1.165) is 12.0 Å². The van der Waals surface area contributed by atoms with Crippen molar-refractivity contribution < 1.29 is 4.52 Å². The number of hydrogen-bond acceptors (Lipinski definition) is 3. The third-order valence-corrected chi connectivity index (χ3v) is 1.88. The molecule has 1 heterocycles. The van der Waals surface area contributed by atoms with Gasteiger partial charge in [0.25, 0.3) is 0 Å². The number of benzene rings is 1. The second-order valence-corrected chi connectivity index (χ2v) is 2.99. The van der Waals surface area contributed by atoms with Crippen LogP contribution in [0.4, 0.5) is 0 Å². The third-order valence-electron chi connectivity index (χ3n) is 1.88. The molecular formula is C11H11N2O. The molecule has 71 valence electrons. The van der Waals surface area contributed by atoms with Crippen molar-refractivity contribution in [3.63, 3.8) is 0 Å². The normalized spacial score (nSPS) is 10.4. The van der Waals surface area contributed by atoms with E-state index in [1.54, 1.807) is 0 Å². The number of nitrogens with zero attached hydrogens (tertiary/aromatic N) is 2. The highest BCUT2D eigenvalue weighted by atomic mass is 16.5. The molecule has 14 heavy (non-hydrogen) atoms. The molecule has 0 saturated carbocycles. The SMILES string of the molecule is C[CH]Cc1nc(-c2ccccc2)no1. The van der Waals surface area contributed by atoms with E-state index in [4.69, 9.17) is 4.52 Å². The van der Waals surface area contributed by atoms with Crippen molar-refractivity contribution in [1.29, 1.82) is 0 Å². The van der Waals surface area contributed by atoms with Crippen molar-refractivity contribution in [3.8, 4) is 11.4 Å². The summed E-state index contributed by atoms with van der Waals surface area (Å²) in [5.41, 5.74) is 0.985. The van der Waals surface area contributed by atoms with Crippen molar-refractivity contribution in [2.24, 2.45) is 0 Å². The van der Waals surface area contributed by atoms with E-state index in [9.17, 15) is 0 Å². The number of aromatic nitrogens is 2. The van der Waals surface area contributed by atoms with E-state index >= 15 is 0 Å². The van der Waals surface area contributed by atoms with Gasteiger partial charge in [0.05, 0.1) is 0 Å². The minimum Gasteiger partial charge on any atom is -0.339 e. The Morgan fingerprint density at radius 1 is 1.29 bits per heavy atom.